The highest BCUT2D eigenvalue weighted by Crippen LogP contribution is 2.31. The average molecular weight is 316 g/mol. The topological polar surface area (TPSA) is 38.3 Å². The number of hydrogen-bond acceptors (Lipinski definition) is 2. The van der Waals surface area contributed by atoms with E-state index >= 15 is 0 Å². The first-order valence-electron chi connectivity index (χ1n) is 7.41. The standard InChI is InChI=1S/C18H18ClNO2/c1-12(13-5-3-2-4-6-13)11-20-18(21)17-10-14-9-15(19)7-8-16(14)22-17/h2-9,12,17H,10-11H2,1H3,(H,20,21). The van der Waals surface area contributed by atoms with Gasteiger partial charge in [-0.3, -0.25) is 4.79 Å². The van der Waals surface area contributed by atoms with E-state index < -0.39 is 6.10 Å². The Morgan fingerprint density at radius 1 is 1.32 bits per heavy atom. The lowest BCUT2D eigenvalue weighted by Crippen LogP contribution is -2.39. The van der Waals surface area contributed by atoms with Gasteiger partial charge in [0.05, 0.1) is 0 Å². The molecule has 1 N–H and O–H groups in total. The quantitative estimate of drug-likeness (QED) is 0.937. The maximum absolute atomic E-state index is 12.3. The van der Waals surface area contributed by atoms with Gasteiger partial charge in [0, 0.05) is 18.0 Å². The summed E-state index contributed by atoms with van der Waals surface area (Å²) in [5, 5.41) is 3.64. The summed E-state index contributed by atoms with van der Waals surface area (Å²) in [6, 6.07) is 15.6. The van der Waals surface area contributed by atoms with Crippen molar-refractivity contribution < 1.29 is 9.53 Å². The molecule has 114 valence electrons. The molecule has 1 aliphatic heterocycles. The fraction of sp³-hybridized carbons (Fsp3) is 0.278. The van der Waals surface area contributed by atoms with Crippen LogP contribution < -0.4 is 10.1 Å². The Labute approximate surface area is 135 Å². The van der Waals surface area contributed by atoms with Crippen LogP contribution in [0.1, 0.15) is 24.0 Å². The SMILES string of the molecule is CC(CNC(=O)C1Cc2cc(Cl)ccc2O1)c1ccccc1. The van der Waals surface area contributed by atoms with Gasteiger partial charge < -0.3 is 10.1 Å². The molecule has 2 aromatic rings. The van der Waals surface area contributed by atoms with Gasteiger partial charge in [-0.1, -0.05) is 48.9 Å². The average Bonchev–Trinajstić information content (AvgIpc) is 2.96. The van der Waals surface area contributed by atoms with Gasteiger partial charge >= 0.3 is 0 Å². The first kappa shape index (κ1) is 14.9. The van der Waals surface area contributed by atoms with Gasteiger partial charge in [0.2, 0.25) is 0 Å². The monoisotopic (exact) mass is 315 g/mol. The highest BCUT2D eigenvalue weighted by molar-refractivity contribution is 6.30. The Morgan fingerprint density at radius 3 is 2.86 bits per heavy atom. The third-order valence-corrected chi connectivity index (χ3v) is 4.18. The van der Waals surface area contributed by atoms with Crippen molar-refractivity contribution >= 4 is 17.5 Å². The first-order valence-corrected chi connectivity index (χ1v) is 7.79. The number of benzene rings is 2. The smallest absolute Gasteiger partial charge is 0.261 e. The molecule has 2 aromatic carbocycles. The van der Waals surface area contributed by atoms with E-state index in [1.807, 2.05) is 30.3 Å². The van der Waals surface area contributed by atoms with Crippen LogP contribution >= 0.6 is 11.6 Å². The molecule has 0 fully saturated rings. The van der Waals surface area contributed by atoms with E-state index in [2.05, 4.69) is 24.4 Å². The minimum Gasteiger partial charge on any atom is -0.480 e. The van der Waals surface area contributed by atoms with Crippen molar-refractivity contribution in [3.05, 3.63) is 64.7 Å². The zero-order valence-electron chi connectivity index (χ0n) is 12.4. The second-order valence-corrected chi connectivity index (χ2v) is 6.06. The molecule has 4 heteroatoms. The molecule has 2 unspecified atom stereocenters. The number of fused-ring (bicyclic) bond motifs is 1. The van der Waals surface area contributed by atoms with Crippen molar-refractivity contribution in [1.82, 2.24) is 5.32 Å². The molecule has 0 aliphatic carbocycles. The second-order valence-electron chi connectivity index (χ2n) is 5.62. The van der Waals surface area contributed by atoms with E-state index in [4.69, 9.17) is 16.3 Å². The van der Waals surface area contributed by atoms with E-state index in [1.54, 1.807) is 6.07 Å². The van der Waals surface area contributed by atoms with Gasteiger partial charge in [-0.25, -0.2) is 0 Å². The molecule has 22 heavy (non-hydrogen) atoms. The normalized spacial score (nSPS) is 17.5. The maximum atomic E-state index is 12.3. The van der Waals surface area contributed by atoms with Crippen molar-refractivity contribution in [3.63, 3.8) is 0 Å². The molecule has 2 atom stereocenters. The van der Waals surface area contributed by atoms with E-state index in [0.717, 1.165) is 11.3 Å². The Kier molecular flexibility index (Phi) is 4.34. The highest BCUT2D eigenvalue weighted by Gasteiger charge is 2.29. The van der Waals surface area contributed by atoms with Crippen molar-refractivity contribution in [2.24, 2.45) is 0 Å². The summed E-state index contributed by atoms with van der Waals surface area (Å²) < 4.78 is 5.69. The minimum absolute atomic E-state index is 0.0740. The Hall–Kier alpha value is -2.00. The lowest BCUT2D eigenvalue weighted by molar-refractivity contribution is -0.127. The summed E-state index contributed by atoms with van der Waals surface area (Å²) in [6.45, 7) is 2.69. The summed E-state index contributed by atoms with van der Waals surface area (Å²) in [7, 11) is 0. The second kappa shape index (κ2) is 6.41. The van der Waals surface area contributed by atoms with Crippen molar-refractivity contribution in [2.75, 3.05) is 6.54 Å². The summed E-state index contributed by atoms with van der Waals surface area (Å²) in [4.78, 5) is 12.3. The van der Waals surface area contributed by atoms with E-state index in [0.29, 0.717) is 18.0 Å². The Morgan fingerprint density at radius 2 is 2.09 bits per heavy atom. The van der Waals surface area contributed by atoms with Gasteiger partial charge in [0.25, 0.3) is 5.91 Å². The van der Waals surface area contributed by atoms with Crippen LogP contribution in [0.5, 0.6) is 5.75 Å². The summed E-state index contributed by atoms with van der Waals surface area (Å²) in [5.74, 6) is 0.944. The Bertz CT molecular complexity index is 672. The van der Waals surface area contributed by atoms with Gasteiger partial charge in [-0.05, 0) is 35.2 Å². The van der Waals surface area contributed by atoms with Gasteiger partial charge in [-0.2, -0.15) is 0 Å². The molecular weight excluding hydrogens is 298 g/mol. The zero-order valence-corrected chi connectivity index (χ0v) is 13.1. The molecule has 1 amide bonds. The van der Waals surface area contributed by atoms with Crippen LogP contribution in [0.2, 0.25) is 5.02 Å². The van der Waals surface area contributed by atoms with Crippen molar-refractivity contribution in [1.29, 1.82) is 0 Å². The Balaban J connectivity index is 1.56. The van der Waals surface area contributed by atoms with Crippen LogP contribution in [0.15, 0.2) is 48.5 Å². The predicted octanol–water partition coefficient (Wildman–Crippen LogP) is 3.56. The number of carbonyl (C=O) groups excluding carboxylic acids is 1. The molecule has 1 aliphatic rings. The zero-order chi connectivity index (χ0) is 15.5. The van der Waals surface area contributed by atoms with E-state index in [9.17, 15) is 4.79 Å². The van der Waals surface area contributed by atoms with Crippen LogP contribution in [-0.4, -0.2) is 18.6 Å². The summed E-state index contributed by atoms with van der Waals surface area (Å²) in [6.07, 6.45) is 0.109. The third kappa shape index (κ3) is 3.25. The lowest BCUT2D eigenvalue weighted by Gasteiger charge is -2.15. The molecule has 3 nitrogen and oxygen atoms in total. The van der Waals surface area contributed by atoms with E-state index in [-0.39, 0.29) is 11.8 Å². The molecule has 0 saturated carbocycles. The minimum atomic E-state index is -0.462. The number of rotatable bonds is 4. The fourth-order valence-corrected chi connectivity index (χ4v) is 2.83. The molecule has 1 heterocycles. The number of hydrogen-bond donors (Lipinski definition) is 1. The number of halogens is 1. The largest absolute Gasteiger partial charge is 0.480 e. The molecule has 0 radical (unpaired) electrons. The molecule has 0 saturated heterocycles. The van der Waals surface area contributed by atoms with Crippen LogP contribution in [0.4, 0.5) is 0 Å². The van der Waals surface area contributed by atoms with Crippen molar-refractivity contribution in [2.45, 2.75) is 25.4 Å². The van der Waals surface area contributed by atoms with Crippen LogP contribution in [0.25, 0.3) is 0 Å². The van der Waals surface area contributed by atoms with Crippen LogP contribution in [-0.2, 0) is 11.2 Å². The number of amides is 1. The summed E-state index contributed by atoms with van der Waals surface area (Å²) >= 11 is 5.97. The van der Waals surface area contributed by atoms with Gasteiger partial charge in [0.15, 0.2) is 6.10 Å². The van der Waals surface area contributed by atoms with Crippen LogP contribution in [0, 0.1) is 0 Å². The van der Waals surface area contributed by atoms with Gasteiger partial charge in [0.1, 0.15) is 5.75 Å². The number of carbonyl (C=O) groups is 1. The molecular formula is C18H18ClNO2. The lowest BCUT2D eigenvalue weighted by atomic mass is 10.0. The fourth-order valence-electron chi connectivity index (χ4n) is 2.63. The summed E-state index contributed by atoms with van der Waals surface area (Å²) in [5.41, 5.74) is 2.20. The highest BCUT2D eigenvalue weighted by atomic mass is 35.5. The molecule has 0 spiro atoms. The van der Waals surface area contributed by atoms with Crippen molar-refractivity contribution in [3.8, 4) is 5.75 Å². The molecule has 3 rings (SSSR count). The predicted molar refractivity (Wildman–Crippen MR) is 87.4 cm³/mol. The molecule has 0 aromatic heterocycles. The number of ether oxygens (including phenoxy) is 1. The first-order chi connectivity index (χ1) is 10.6. The van der Waals surface area contributed by atoms with Crippen LogP contribution in [0.3, 0.4) is 0 Å². The molecule has 0 bridgehead atoms. The maximum Gasteiger partial charge on any atom is 0.261 e. The van der Waals surface area contributed by atoms with E-state index in [1.165, 1.54) is 5.56 Å². The third-order valence-electron chi connectivity index (χ3n) is 3.94. The number of nitrogens with one attached hydrogen (secondary N) is 1. The van der Waals surface area contributed by atoms with Gasteiger partial charge in [-0.15, -0.1) is 0 Å².